The zero-order valence-corrected chi connectivity index (χ0v) is 16.6. The Morgan fingerprint density at radius 2 is 1.28 bits per heavy atom. The van der Waals surface area contributed by atoms with Crippen LogP contribution in [0.15, 0.2) is 91.0 Å². The summed E-state index contributed by atoms with van der Waals surface area (Å²) < 4.78 is 1.91. The van der Waals surface area contributed by atoms with Crippen LogP contribution in [0.5, 0.6) is 0 Å². The maximum Gasteiger partial charge on any atom is 0.236 e. The third-order valence-corrected chi connectivity index (χ3v) is 5.05. The van der Waals surface area contributed by atoms with Gasteiger partial charge in [-0.15, -0.1) is 0 Å². The second-order valence-corrected chi connectivity index (χ2v) is 6.97. The molecule has 1 aromatic heterocycles. The van der Waals surface area contributed by atoms with Crippen molar-refractivity contribution < 1.29 is 4.79 Å². The number of amides is 1. The summed E-state index contributed by atoms with van der Waals surface area (Å²) in [5.41, 5.74) is 5.54. The lowest BCUT2D eigenvalue weighted by Crippen LogP contribution is -2.27. The van der Waals surface area contributed by atoms with E-state index in [0.717, 1.165) is 34.0 Å². The summed E-state index contributed by atoms with van der Waals surface area (Å²) in [5.74, 6) is 0.0150. The van der Waals surface area contributed by atoms with Crippen LogP contribution in [0.25, 0.3) is 5.69 Å². The van der Waals surface area contributed by atoms with E-state index in [1.165, 1.54) is 0 Å². The molecular weight excluding hydrogens is 358 g/mol. The summed E-state index contributed by atoms with van der Waals surface area (Å²) in [5, 5.41) is 4.68. The lowest BCUT2D eigenvalue weighted by Gasteiger charge is -2.23. The average Bonchev–Trinajstić information content (AvgIpc) is 3.04. The number of anilines is 2. The number of rotatable bonds is 5. The molecule has 0 saturated carbocycles. The fraction of sp³-hybridized carbons (Fsp3) is 0.120. The summed E-state index contributed by atoms with van der Waals surface area (Å²) in [6.45, 7) is 3.98. The number of para-hydroxylation sites is 3. The third kappa shape index (κ3) is 3.83. The summed E-state index contributed by atoms with van der Waals surface area (Å²) >= 11 is 0. The van der Waals surface area contributed by atoms with Crippen molar-refractivity contribution in [2.75, 3.05) is 4.90 Å². The monoisotopic (exact) mass is 381 g/mol. The Hall–Kier alpha value is -3.66. The summed E-state index contributed by atoms with van der Waals surface area (Å²) in [7, 11) is 0. The molecule has 144 valence electrons. The van der Waals surface area contributed by atoms with E-state index in [-0.39, 0.29) is 12.3 Å². The van der Waals surface area contributed by atoms with Crippen LogP contribution < -0.4 is 4.90 Å². The number of nitrogens with zero attached hydrogens (tertiary/aromatic N) is 3. The van der Waals surface area contributed by atoms with Gasteiger partial charge < -0.3 is 0 Å². The number of hydrogen-bond donors (Lipinski definition) is 0. The van der Waals surface area contributed by atoms with E-state index in [2.05, 4.69) is 5.10 Å². The van der Waals surface area contributed by atoms with Gasteiger partial charge in [-0.1, -0.05) is 54.6 Å². The van der Waals surface area contributed by atoms with Crippen LogP contribution in [-0.2, 0) is 11.2 Å². The molecule has 0 saturated heterocycles. The first-order valence-corrected chi connectivity index (χ1v) is 9.68. The van der Waals surface area contributed by atoms with Gasteiger partial charge >= 0.3 is 0 Å². The normalized spacial score (nSPS) is 10.7. The minimum absolute atomic E-state index is 0.0150. The minimum Gasteiger partial charge on any atom is -0.281 e. The smallest absolute Gasteiger partial charge is 0.236 e. The highest BCUT2D eigenvalue weighted by atomic mass is 16.2. The van der Waals surface area contributed by atoms with Gasteiger partial charge in [0.05, 0.1) is 17.8 Å². The maximum absolute atomic E-state index is 13.5. The van der Waals surface area contributed by atoms with E-state index in [4.69, 9.17) is 0 Å². The summed E-state index contributed by atoms with van der Waals surface area (Å²) in [4.78, 5) is 15.2. The van der Waals surface area contributed by atoms with Crippen molar-refractivity contribution in [2.24, 2.45) is 0 Å². The molecule has 1 heterocycles. The molecular formula is C25H23N3O. The first kappa shape index (κ1) is 18.7. The fourth-order valence-electron chi connectivity index (χ4n) is 3.57. The molecule has 0 aliphatic carbocycles. The highest BCUT2D eigenvalue weighted by molar-refractivity contribution is 6.01. The van der Waals surface area contributed by atoms with E-state index in [9.17, 15) is 4.79 Å². The molecule has 4 aromatic rings. The van der Waals surface area contributed by atoms with Gasteiger partial charge in [-0.25, -0.2) is 4.68 Å². The van der Waals surface area contributed by atoms with Crippen LogP contribution in [0.1, 0.15) is 17.0 Å². The Kier molecular flexibility index (Phi) is 5.25. The molecule has 0 bridgehead atoms. The Morgan fingerprint density at radius 3 is 1.79 bits per heavy atom. The van der Waals surface area contributed by atoms with Crippen molar-refractivity contribution in [3.63, 3.8) is 0 Å². The summed E-state index contributed by atoms with van der Waals surface area (Å²) in [6, 6.07) is 29.5. The molecule has 0 radical (unpaired) electrons. The average molecular weight is 381 g/mol. The van der Waals surface area contributed by atoms with Gasteiger partial charge in [0.1, 0.15) is 0 Å². The van der Waals surface area contributed by atoms with Gasteiger partial charge in [-0.3, -0.25) is 9.69 Å². The molecule has 0 unspecified atom stereocenters. The van der Waals surface area contributed by atoms with Gasteiger partial charge in [0.2, 0.25) is 5.91 Å². The number of carbonyl (C=O) groups is 1. The molecule has 1 amide bonds. The van der Waals surface area contributed by atoms with E-state index in [1.54, 1.807) is 4.90 Å². The highest BCUT2D eigenvalue weighted by Crippen LogP contribution is 2.27. The lowest BCUT2D eigenvalue weighted by atomic mass is 10.1. The van der Waals surface area contributed by atoms with Gasteiger partial charge in [0.15, 0.2) is 0 Å². The van der Waals surface area contributed by atoms with Crippen LogP contribution >= 0.6 is 0 Å². The second kappa shape index (κ2) is 8.15. The van der Waals surface area contributed by atoms with Crippen molar-refractivity contribution in [3.8, 4) is 5.69 Å². The first-order valence-electron chi connectivity index (χ1n) is 9.68. The Morgan fingerprint density at radius 1 is 0.793 bits per heavy atom. The molecule has 3 aromatic carbocycles. The van der Waals surface area contributed by atoms with E-state index in [1.807, 2.05) is 110 Å². The molecule has 4 rings (SSSR count). The van der Waals surface area contributed by atoms with Crippen molar-refractivity contribution in [1.29, 1.82) is 0 Å². The molecule has 0 atom stereocenters. The van der Waals surface area contributed by atoms with Crippen molar-refractivity contribution >= 4 is 17.3 Å². The largest absolute Gasteiger partial charge is 0.281 e. The molecule has 0 N–H and O–H groups in total. The number of hydrogen-bond acceptors (Lipinski definition) is 2. The molecule has 0 fully saturated rings. The molecule has 0 aliphatic rings. The van der Waals surface area contributed by atoms with Gasteiger partial charge in [0, 0.05) is 22.6 Å². The fourth-order valence-corrected chi connectivity index (χ4v) is 3.57. The van der Waals surface area contributed by atoms with Gasteiger partial charge in [-0.2, -0.15) is 5.10 Å². The first-order chi connectivity index (χ1) is 14.1. The van der Waals surface area contributed by atoms with Crippen LogP contribution in [0.3, 0.4) is 0 Å². The van der Waals surface area contributed by atoms with E-state index >= 15 is 0 Å². The molecule has 29 heavy (non-hydrogen) atoms. The molecule has 4 nitrogen and oxygen atoms in total. The third-order valence-electron chi connectivity index (χ3n) is 5.05. The number of carbonyl (C=O) groups excluding carboxylic acids is 1. The topological polar surface area (TPSA) is 38.1 Å². The van der Waals surface area contributed by atoms with Crippen LogP contribution in [0.4, 0.5) is 11.4 Å². The van der Waals surface area contributed by atoms with Crippen LogP contribution in [0, 0.1) is 13.8 Å². The summed E-state index contributed by atoms with van der Waals surface area (Å²) in [6.07, 6.45) is 0.286. The van der Waals surface area contributed by atoms with Crippen molar-refractivity contribution in [1.82, 2.24) is 9.78 Å². The lowest BCUT2D eigenvalue weighted by molar-refractivity contribution is -0.117. The minimum atomic E-state index is 0.0150. The quantitative estimate of drug-likeness (QED) is 0.464. The van der Waals surface area contributed by atoms with Gasteiger partial charge in [-0.05, 0) is 50.2 Å². The SMILES string of the molecule is Cc1nn(-c2ccccc2)c(C)c1CC(=O)N(c1ccccc1)c1ccccc1. The van der Waals surface area contributed by atoms with Gasteiger partial charge in [0.25, 0.3) is 0 Å². The van der Waals surface area contributed by atoms with Crippen LogP contribution in [-0.4, -0.2) is 15.7 Å². The number of aromatic nitrogens is 2. The number of aryl methyl sites for hydroxylation is 1. The Balaban J connectivity index is 1.70. The molecule has 0 spiro atoms. The standard InChI is InChI=1S/C25H23N3O/c1-19-24(20(2)28(26-19)23-16-10-5-11-17-23)18-25(29)27(21-12-6-3-7-13-21)22-14-8-4-9-15-22/h3-17H,18H2,1-2H3. The second-order valence-electron chi connectivity index (χ2n) is 6.97. The van der Waals surface area contributed by atoms with E-state index in [0.29, 0.717) is 0 Å². The van der Waals surface area contributed by atoms with E-state index < -0.39 is 0 Å². The zero-order valence-electron chi connectivity index (χ0n) is 16.6. The molecule has 4 heteroatoms. The Bertz CT molecular complexity index is 1060. The number of benzene rings is 3. The van der Waals surface area contributed by atoms with Crippen molar-refractivity contribution in [2.45, 2.75) is 20.3 Å². The predicted octanol–water partition coefficient (Wildman–Crippen LogP) is 5.40. The van der Waals surface area contributed by atoms with Crippen molar-refractivity contribution in [3.05, 3.63) is 108 Å². The maximum atomic E-state index is 13.5. The highest BCUT2D eigenvalue weighted by Gasteiger charge is 2.22. The van der Waals surface area contributed by atoms with Crippen LogP contribution in [0.2, 0.25) is 0 Å². The zero-order chi connectivity index (χ0) is 20.2. The Labute approximate surface area is 171 Å². The molecule has 0 aliphatic heterocycles. The predicted molar refractivity (Wildman–Crippen MR) is 117 cm³/mol.